The van der Waals surface area contributed by atoms with Crippen molar-refractivity contribution in [2.24, 2.45) is 23.7 Å². The first kappa shape index (κ1) is 18.5. The number of hydrogen-bond donors (Lipinski definition) is 0. The summed E-state index contributed by atoms with van der Waals surface area (Å²) in [4.78, 5) is 0. The van der Waals surface area contributed by atoms with Crippen LogP contribution in [0.2, 0.25) is 0 Å². The van der Waals surface area contributed by atoms with Crippen LogP contribution in [-0.4, -0.2) is 0 Å². The highest BCUT2D eigenvalue weighted by Crippen LogP contribution is 2.61. The largest absolute Gasteiger partial charge is 0.115 e. The van der Waals surface area contributed by atoms with E-state index in [1.807, 2.05) is 0 Å². The SMILES string of the molecule is C#Cc1ccc2ccccc2c1-c1c(C2C3CC4CC(C3)CC2C4)ccc2ccccc12. The molecule has 4 fully saturated rings. The molecule has 0 unspecified atom stereocenters. The van der Waals surface area contributed by atoms with Gasteiger partial charge < -0.3 is 0 Å². The van der Waals surface area contributed by atoms with Crippen molar-refractivity contribution in [1.82, 2.24) is 0 Å². The maximum Gasteiger partial charge on any atom is 0.0327 e. The van der Waals surface area contributed by atoms with E-state index in [1.165, 1.54) is 64.8 Å². The molecule has 0 amide bonds. The summed E-state index contributed by atoms with van der Waals surface area (Å²) >= 11 is 0. The third-order valence-electron chi connectivity index (χ3n) is 8.88. The molecule has 0 aliphatic heterocycles. The standard InChI is InChI=1S/C32H28/c1-2-22-11-12-23-7-3-5-9-27(23)31(22)32-28-10-6-4-8-24(28)13-14-29(32)30-25-16-20-15-21(18-25)19-26(30)17-20/h1,3-14,20-21,25-26,30H,15-19H2. The molecular formula is C32H28. The van der Waals surface area contributed by atoms with Crippen LogP contribution in [0.1, 0.15) is 49.1 Å². The summed E-state index contributed by atoms with van der Waals surface area (Å²) in [5, 5.41) is 5.22. The second kappa shape index (κ2) is 6.98. The number of fused-ring (bicyclic) bond motifs is 2. The number of terminal acetylenes is 1. The van der Waals surface area contributed by atoms with Crippen molar-refractivity contribution in [1.29, 1.82) is 0 Å². The minimum Gasteiger partial charge on any atom is -0.115 e. The highest BCUT2D eigenvalue weighted by molar-refractivity contribution is 6.08. The molecule has 156 valence electrons. The third-order valence-corrected chi connectivity index (χ3v) is 8.88. The van der Waals surface area contributed by atoms with Crippen molar-refractivity contribution in [2.75, 3.05) is 0 Å². The van der Waals surface area contributed by atoms with Crippen LogP contribution in [0.4, 0.5) is 0 Å². The average Bonchev–Trinajstić information content (AvgIpc) is 2.82. The molecule has 0 saturated heterocycles. The average molecular weight is 413 g/mol. The summed E-state index contributed by atoms with van der Waals surface area (Å²) in [6.45, 7) is 0. The zero-order valence-corrected chi connectivity index (χ0v) is 18.4. The molecule has 0 atom stereocenters. The number of benzene rings is 4. The van der Waals surface area contributed by atoms with E-state index in [1.54, 1.807) is 5.56 Å². The van der Waals surface area contributed by atoms with Crippen LogP contribution in [0.25, 0.3) is 32.7 Å². The molecular weight excluding hydrogens is 384 g/mol. The van der Waals surface area contributed by atoms with Gasteiger partial charge in [0.05, 0.1) is 0 Å². The summed E-state index contributed by atoms with van der Waals surface area (Å²) in [5.41, 5.74) is 5.26. The minimum atomic E-state index is 0.673. The second-order valence-corrected chi connectivity index (χ2v) is 10.6. The van der Waals surface area contributed by atoms with Gasteiger partial charge in [0, 0.05) is 11.1 Å². The summed E-state index contributed by atoms with van der Waals surface area (Å²) in [5.74, 6) is 7.37. The van der Waals surface area contributed by atoms with Crippen molar-refractivity contribution in [3.05, 3.63) is 83.9 Å². The lowest BCUT2D eigenvalue weighted by molar-refractivity contribution is -0.00256. The Hall–Kier alpha value is -3.04. The molecule has 0 N–H and O–H groups in total. The van der Waals surface area contributed by atoms with Crippen molar-refractivity contribution in [3.63, 3.8) is 0 Å². The Labute approximate surface area is 190 Å². The van der Waals surface area contributed by atoms with Crippen LogP contribution in [0.3, 0.4) is 0 Å². The zero-order chi connectivity index (χ0) is 21.2. The van der Waals surface area contributed by atoms with E-state index in [9.17, 15) is 0 Å². The maximum absolute atomic E-state index is 6.12. The van der Waals surface area contributed by atoms with Gasteiger partial charge >= 0.3 is 0 Å². The van der Waals surface area contributed by atoms with E-state index in [0.29, 0.717) is 5.92 Å². The molecule has 0 nitrogen and oxygen atoms in total. The molecule has 0 spiro atoms. The molecule has 4 aromatic rings. The molecule has 0 aromatic heterocycles. The van der Waals surface area contributed by atoms with Crippen LogP contribution in [0, 0.1) is 36.0 Å². The van der Waals surface area contributed by atoms with Gasteiger partial charge in [-0.15, -0.1) is 6.42 Å². The lowest BCUT2D eigenvalue weighted by atomic mass is 9.50. The molecule has 32 heavy (non-hydrogen) atoms. The highest BCUT2D eigenvalue weighted by atomic mass is 14.5. The van der Waals surface area contributed by atoms with Gasteiger partial charge in [0.2, 0.25) is 0 Å². The molecule has 0 radical (unpaired) electrons. The fraction of sp³-hybridized carbons (Fsp3) is 0.312. The smallest absolute Gasteiger partial charge is 0.0327 e. The molecule has 4 aliphatic carbocycles. The Morgan fingerprint density at radius 3 is 1.78 bits per heavy atom. The normalized spacial score (nSPS) is 28.3. The van der Waals surface area contributed by atoms with Gasteiger partial charge in [0.25, 0.3) is 0 Å². The van der Waals surface area contributed by atoms with Gasteiger partial charge in [-0.05, 0) is 100 Å². The van der Waals surface area contributed by atoms with E-state index in [4.69, 9.17) is 6.42 Å². The maximum atomic E-state index is 6.12. The van der Waals surface area contributed by atoms with Gasteiger partial charge in [-0.25, -0.2) is 0 Å². The molecule has 0 heterocycles. The van der Waals surface area contributed by atoms with E-state index >= 15 is 0 Å². The van der Waals surface area contributed by atoms with Crippen LogP contribution in [-0.2, 0) is 0 Å². The minimum absolute atomic E-state index is 0.673. The Morgan fingerprint density at radius 2 is 1.16 bits per heavy atom. The van der Waals surface area contributed by atoms with E-state index in [-0.39, 0.29) is 0 Å². The van der Waals surface area contributed by atoms with Gasteiger partial charge in [0.1, 0.15) is 0 Å². The Balaban J connectivity index is 1.56. The van der Waals surface area contributed by atoms with Crippen molar-refractivity contribution in [3.8, 4) is 23.5 Å². The zero-order valence-electron chi connectivity index (χ0n) is 18.4. The predicted octanol–water partition coefficient (Wildman–Crippen LogP) is 8.18. The lowest BCUT2D eigenvalue weighted by Crippen LogP contribution is -2.43. The number of hydrogen-bond acceptors (Lipinski definition) is 0. The second-order valence-electron chi connectivity index (χ2n) is 10.6. The van der Waals surface area contributed by atoms with Gasteiger partial charge in [-0.2, -0.15) is 0 Å². The van der Waals surface area contributed by atoms with E-state index < -0.39 is 0 Å². The van der Waals surface area contributed by atoms with Gasteiger partial charge in [0.15, 0.2) is 0 Å². The Bertz CT molecular complexity index is 1370. The quantitative estimate of drug-likeness (QED) is 0.291. The fourth-order valence-corrected chi connectivity index (χ4v) is 7.94. The number of rotatable bonds is 2. The van der Waals surface area contributed by atoms with E-state index in [2.05, 4.69) is 78.7 Å². The third kappa shape index (κ3) is 2.64. The summed E-state index contributed by atoms with van der Waals surface area (Å²) in [6.07, 6.45) is 13.3. The topological polar surface area (TPSA) is 0 Å². The Kier molecular flexibility index (Phi) is 4.04. The molecule has 0 heteroatoms. The summed E-state index contributed by atoms with van der Waals surface area (Å²) < 4.78 is 0. The molecule has 8 rings (SSSR count). The van der Waals surface area contributed by atoms with E-state index in [0.717, 1.165) is 29.2 Å². The predicted molar refractivity (Wildman–Crippen MR) is 135 cm³/mol. The Morgan fingerprint density at radius 1 is 0.594 bits per heavy atom. The monoisotopic (exact) mass is 412 g/mol. The highest BCUT2D eigenvalue weighted by Gasteiger charge is 2.49. The van der Waals surface area contributed by atoms with Crippen LogP contribution in [0.5, 0.6) is 0 Å². The lowest BCUT2D eigenvalue weighted by Gasteiger charge is -2.55. The first-order valence-corrected chi connectivity index (χ1v) is 12.3. The van der Waals surface area contributed by atoms with Crippen molar-refractivity contribution >= 4 is 21.5 Å². The van der Waals surface area contributed by atoms with Crippen LogP contribution in [0.15, 0.2) is 72.8 Å². The van der Waals surface area contributed by atoms with Crippen molar-refractivity contribution in [2.45, 2.75) is 38.0 Å². The summed E-state index contributed by atoms with van der Waals surface area (Å²) in [6, 6.07) is 26.8. The first-order chi connectivity index (χ1) is 15.8. The van der Waals surface area contributed by atoms with Crippen LogP contribution >= 0.6 is 0 Å². The molecule has 4 aliphatic rings. The van der Waals surface area contributed by atoms with Gasteiger partial charge in [-0.1, -0.05) is 72.7 Å². The van der Waals surface area contributed by atoms with Crippen molar-refractivity contribution < 1.29 is 0 Å². The van der Waals surface area contributed by atoms with Gasteiger partial charge in [-0.3, -0.25) is 0 Å². The molecule has 4 bridgehead atoms. The molecule has 4 aromatic carbocycles. The molecule has 4 saturated carbocycles. The summed E-state index contributed by atoms with van der Waals surface area (Å²) in [7, 11) is 0. The fourth-order valence-electron chi connectivity index (χ4n) is 7.94. The van der Waals surface area contributed by atoms with Crippen LogP contribution < -0.4 is 0 Å². The first-order valence-electron chi connectivity index (χ1n) is 12.3.